The van der Waals surface area contributed by atoms with E-state index >= 15 is 0 Å². The molecule has 1 aliphatic rings. The average Bonchev–Trinajstić information content (AvgIpc) is 2.90. The number of hydrogen-bond acceptors (Lipinski definition) is 3. The minimum atomic E-state index is -0.259. The summed E-state index contributed by atoms with van der Waals surface area (Å²) in [5, 5.41) is 2.66. The second kappa shape index (κ2) is 4.85. The Morgan fingerprint density at radius 2 is 1.95 bits per heavy atom. The maximum absolute atomic E-state index is 12.3. The summed E-state index contributed by atoms with van der Waals surface area (Å²) in [4.78, 5) is 26.6. The molecule has 0 radical (unpaired) electrons. The summed E-state index contributed by atoms with van der Waals surface area (Å²) in [5.74, 6) is -0.218. The SMILES string of the molecule is O=C(NN1CCCC1)c1cc(=O)[nH]c2ccccc12. The molecule has 2 aromatic rings. The van der Waals surface area contributed by atoms with Crippen LogP contribution in [0.4, 0.5) is 0 Å². The van der Waals surface area contributed by atoms with Crippen LogP contribution >= 0.6 is 0 Å². The van der Waals surface area contributed by atoms with E-state index in [0.717, 1.165) is 31.3 Å². The van der Waals surface area contributed by atoms with E-state index in [4.69, 9.17) is 0 Å². The van der Waals surface area contributed by atoms with Gasteiger partial charge in [-0.2, -0.15) is 0 Å². The molecule has 1 amide bonds. The van der Waals surface area contributed by atoms with E-state index < -0.39 is 0 Å². The monoisotopic (exact) mass is 257 g/mol. The molecule has 0 saturated carbocycles. The molecule has 5 heteroatoms. The topological polar surface area (TPSA) is 65.2 Å². The van der Waals surface area contributed by atoms with Gasteiger partial charge in [0.05, 0.1) is 5.56 Å². The summed E-state index contributed by atoms with van der Waals surface area (Å²) >= 11 is 0. The summed E-state index contributed by atoms with van der Waals surface area (Å²) in [6.45, 7) is 1.74. The van der Waals surface area contributed by atoms with Crippen molar-refractivity contribution in [1.82, 2.24) is 15.4 Å². The van der Waals surface area contributed by atoms with Crippen molar-refractivity contribution < 1.29 is 4.79 Å². The number of fused-ring (bicyclic) bond motifs is 1. The first-order chi connectivity index (χ1) is 9.24. The zero-order valence-electron chi connectivity index (χ0n) is 10.5. The lowest BCUT2D eigenvalue weighted by atomic mass is 10.1. The molecule has 1 aromatic carbocycles. The first-order valence-electron chi connectivity index (χ1n) is 6.42. The van der Waals surface area contributed by atoms with E-state index in [1.165, 1.54) is 6.07 Å². The lowest BCUT2D eigenvalue weighted by molar-refractivity contribution is 0.0827. The normalized spacial score (nSPS) is 15.8. The minimum absolute atomic E-state index is 0.218. The number of rotatable bonds is 2. The third kappa shape index (κ3) is 2.37. The fraction of sp³-hybridized carbons (Fsp3) is 0.286. The van der Waals surface area contributed by atoms with Gasteiger partial charge in [-0.15, -0.1) is 0 Å². The van der Waals surface area contributed by atoms with Crippen molar-refractivity contribution in [2.45, 2.75) is 12.8 Å². The van der Waals surface area contributed by atoms with Gasteiger partial charge in [-0.1, -0.05) is 18.2 Å². The predicted octanol–water partition coefficient (Wildman–Crippen LogP) is 1.27. The molecule has 0 spiro atoms. The molecule has 2 N–H and O–H groups in total. The third-order valence-electron chi connectivity index (χ3n) is 3.36. The number of nitrogens with zero attached hydrogens (tertiary/aromatic N) is 1. The van der Waals surface area contributed by atoms with Gasteiger partial charge in [0, 0.05) is 30.1 Å². The van der Waals surface area contributed by atoms with Crippen molar-refractivity contribution in [1.29, 1.82) is 0 Å². The number of aromatic nitrogens is 1. The summed E-state index contributed by atoms with van der Waals surface area (Å²) in [7, 11) is 0. The summed E-state index contributed by atoms with van der Waals surface area (Å²) in [6, 6.07) is 8.68. The standard InChI is InChI=1S/C14H15N3O2/c18-13-9-11(10-5-1-2-6-12(10)15-13)14(19)16-17-7-3-4-8-17/h1-2,5-6,9H,3-4,7-8H2,(H,15,18)(H,16,19). The number of amides is 1. The largest absolute Gasteiger partial charge is 0.322 e. The molecule has 0 unspecified atom stereocenters. The van der Waals surface area contributed by atoms with Crippen LogP contribution in [0.3, 0.4) is 0 Å². The van der Waals surface area contributed by atoms with Crippen LogP contribution in [0.5, 0.6) is 0 Å². The molecule has 1 fully saturated rings. The zero-order valence-corrected chi connectivity index (χ0v) is 10.5. The number of hydrazine groups is 1. The van der Waals surface area contributed by atoms with E-state index in [9.17, 15) is 9.59 Å². The number of benzene rings is 1. The summed E-state index contributed by atoms with van der Waals surface area (Å²) in [5.41, 5.74) is 3.70. The van der Waals surface area contributed by atoms with Gasteiger partial charge in [-0.05, 0) is 18.9 Å². The fourth-order valence-corrected chi connectivity index (χ4v) is 2.43. The molecule has 98 valence electrons. The van der Waals surface area contributed by atoms with Crippen LogP contribution in [0, 0.1) is 0 Å². The van der Waals surface area contributed by atoms with E-state index in [1.807, 2.05) is 23.2 Å². The molecular weight excluding hydrogens is 242 g/mol. The first-order valence-corrected chi connectivity index (χ1v) is 6.42. The Kier molecular flexibility index (Phi) is 3.05. The second-order valence-corrected chi connectivity index (χ2v) is 4.73. The van der Waals surface area contributed by atoms with Crippen LogP contribution in [0.15, 0.2) is 35.1 Å². The molecule has 0 atom stereocenters. The smallest absolute Gasteiger partial charge is 0.266 e. The lowest BCUT2D eigenvalue weighted by Crippen LogP contribution is -2.40. The van der Waals surface area contributed by atoms with Crippen molar-refractivity contribution in [2.24, 2.45) is 0 Å². The van der Waals surface area contributed by atoms with Gasteiger partial charge in [0.15, 0.2) is 0 Å². The molecule has 1 aromatic heterocycles. The number of pyridine rings is 1. The van der Waals surface area contributed by atoms with Crippen LogP contribution in [0.25, 0.3) is 10.9 Å². The van der Waals surface area contributed by atoms with E-state index in [-0.39, 0.29) is 11.5 Å². The Morgan fingerprint density at radius 1 is 1.21 bits per heavy atom. The van der Waals surface area contributed by atoms with Gasteiger partial charge in [0.25, 0.3) is 5.91 Å². The number of H-pyrrole nitrogens is 1. The summed E-state index contributed by atoms with van der Waals surface area (Å²) < 4.78 is 0. The molecule has 1 saturated heterocycles. The van der Waals surface area contributed by atoms with Crippen LogP contribution in [0.2, 0.25) is 0 Å². The molecule has 5 nitrogen and oxygen atoms in total. The quantitative estimate of drug-likeness (QED) is 0.851. The van der Waals surface area contributed by atoms with E-state index in [1.54, 1.807) is 6.07 Å². The molecule has 0 aliphatic carbocycles. The lowest BCUT2D eigenvalue weighted by Gasteiger charge is -2.16. The van der Waals surface area contributed by atoms with Crippen LogP contribution in [-0.2, 0) is 0 Å². The number of para-hydroxylation sites is 1. The van der Waals surface area contributed by atoms with Crippen molar-refractivity contribution in [3.8, 4) is 0 Å². The van der Waals surface area contributed by atoms with E-state index in [0.29, 0.717) is 11.1 Å². The average molecular weight is 257 g/mol. The van der Waals surface area contributed by atoms with Crippen molar-refractivity contribution in [3.63, 3.8) is 0 Å². The Morgan fingerprint density at radius 3 is 2.74 bits per heavy atom. The molecule has 3 rings (SSSR count). The number of carbonyl (C=O) groups excluding carboxylic acids is 1. The van der Waals surface area contributed by atoms with Gasteiger partial charge >= 0.3 is 0 Å². The highest BCUT2D eigenvalue weighted by Gasteiger charge is 2.17. The molecule has 2 heterocycles. The summed E-state index contributed by atoms with van der Waals surface area (Å²) in [6.07, 6.45) is 2.19. The molecule has 0 bridgehead atoms. The Bertz CT molecular complexity index is 672. The highest BCUT2D eigenvalue weighted by Crippen LogP contribution is 2.15. The maximum Gasteiger partial charge on any atom is 0.266 e. The zero-order chi connectivity index (χ0) is 13.2. The van der Waals surface area contributed by atoms with Crippen LogP contribution in [-0.4, -0.2) is 29.0 Å². The van der Waals surface area contributed by atoms with Crippen LogP contribution in [0.1, 0.15) is 23.2 Å². The molecule has 1 aliphatic heterocycles. The highest BCUT2D eigenvalue weighted by molar-refractivity contribution is 6.05. The van der Waals surface area contributed by atoms with Gasteiger partial charge in [0.1, 0.15) is 0 Å². The van der Waals surface area contributed by atoms with Gasteiger partial charge < -0.3 is 4.98 Å². The number of nitrogens with one attached hydrogen (secondary N) is 2. The highest BCUT2D eigenvalue weighted by atomic mass is 16.2. The Hall–Kier alpha value is -2.14. The predicted molar refractivity (Wildman–Crippen MR) is 72.8 cm³/mol. The first kappa shape index (κ1) is 11.9. The van der Waals surface area contributed by atoms with Gasteiger partial charge in [0.2, 0.25) is 5.56 Å². The third-order valence-corrected chi connectivity index (χ3v) is 3.36. The Balaban J connectivity index is 1.98. The number of carbonyl (C=O) groups is 1. The fourth-order valence-electron chi connectivity index (χ4n) is 2.43. The van der Waals surface area contributed by atoms with Gasteiger partial charge in [-0.25, -0.2) is 5.01 Å². The second-order valence-electron chi connectivity index (χ2n) is 4.73. The van der Waals surface area contributed by atoms with Crippen molar-refractivity contribution >= 4 is 16.8 Å². The number of hydrogen-bond donors (Lipinski definition) is 2. The minimum Gasteiger partial charge on any atom is -0.322 e. The van der Waals surface area contributed by atoms with E-state index in [2.05, 4.69) is 10.4 Å². The van der Waals surface area contributed by atoms with Crippen molar-refractivity contribution in [3.05, 3.63) is 46.2 Å². The number of aromatic amines is 1. The van der Waals surface area contributed by atoms with Crippen LogP contribution < -0.4 is 11.0 Å². The molecule has 19 heavy (non-hydrogen) atoms. The maximum atomic E-state index is 12.3. The Labute approximate surface area is 110 Å². The molecular formula is C14H15N3O2. The van der Waals surface area contributed by atoms with Gasteiger partial charge in [-0.3, -0.25) is 15.0 Å². The van der Waals surface area contributed by atoms with Crippen molar-refractivity contribution in [2.75, 3.05) is 13.1 Å².